The van der Waals surface area contributed by atoms with Gasteiger partial charge in [0, 0.05) is 10.5 Å². The quantitative estimate of drug-likeness (QED) is 0.893. The molecule has 5 heteroatoms. The lowest BCUT2D eigenvalue weighted by Crippen LogP contribution is -2.29. The van der Waals surface area contributed by atoms with Crippen LogP contribution < -0.4 is 5.32 Å². The summed E-state index contributed by atoms with van der Waals surface area (Å²) >= 11 is 9.33. The van der Waals surface area contributed by atoms with Crippen molar-refractivity contribution in [3.8, 4) is 0 Å². The van der Waals surface area contributed by atoms with Crippen LogP contribution in [0.5, 0.6) is 0 Å². The van der Waals surface area contributed by atoms with Crippen LogP contribution in [0.3, 0.4) is 0 Å². The molecule has 0 aliphatic carbocycles. The van der Waals surface area contributed by atoms with Gasteiger partial charge in [0.1, 0.15) is 0 Å². The summed E-state index contributed by atoms with van der Waals surface area (Å²) in [6, 6.07) is 5.25. The van der Waals surface area contributed by atoms with Crippen LogP contribution >= 0.6 is 27.5 Å². The predicted molar refractivity (Wildman–Crippen MR) is 69.0 cm³/mol. The average molecular weight is 307 g/mol. The zero-order valence-corrected chi connectivity index (χ0v) is 11.3. The van der Waals surface area contributed by atoms with Gasteiger partial charge in [-0.15, -0.1) is 0 Å². The van der Waals surface area contributed by atoms with Gasteiger partial charge in [-0.3, -0.25) is 4.79 Å². The molecule has 1 aromatic rings. The van der Waals surface area contributed by atoms with Crippen molar-refractivity contribution in [3.05, 3.63) is 27.7 Å². The second-order valence-corrected chi connectivity index (χ2v) is 5.01. The Hall–Kier alpha value is -0.740. The molecule has 16 heavy (non-hydrogen) atoms. The first-order valence-corrected chi connectivity index (χ1v) is 6.03. The van der Waals surface area contributed by atoms with Crippen molar-refractivity contribution in [2.24, 2.45) is 5.92 Å². The Kier molecular flexibility index (Phi) is 4.62. The van der Waals surface area contributed by atoms with E-state index in [2.05, 4.69) is 21.2 Å². The molecule has 1 rings (SSSR count). The molecule has 0 saturated heterocycles. The predicted octanol–water partition coefficient (Wildman–Crippen LogP) is 3.62. The Morgan fingerprint density at radius 1 is 1.50 bits per heavy atom. The zero-order chi connectivity index (χ0) is 12.3. The topological polar surface area (TPSA) is 49.3 Å². The van der Waals surface area contributed by atoms with Gasteiger partial charge in [-0.05, 0) is 32.0 Å². The van der Waals surface area contributed by atoms with E-state index in [1.54, 1.807) is 13.0 Å². The van der Waals surface area contributed by atoms with Gasteiger partial charge in [-0.1, -0.05) is 27.5 Å². The summed E-state index contributed by atoms with van der Waals surface area (Å²) in [5, 5.41) is 12.5. The number of nitrogens with one attached hydrogen (secondary N) is 1. The molecular weight excluding hydrogens is 293 g/mol. The molecule has 0 heterocycles. The fourth-order valence-corrected chi connectivity index (χ4v) is 1.92. The van der Waals surface area contributed by atoms with E-state index >= 15 is 0 Å². The standard InChI is InChI=1S/C11H13BrClNO2/c1-6(11(15)16)7(2)14-10-4-3-8(12)5-9(10)13/h3-7,14H,1-2H3,(H,15,16). The lowest BCUT2D eigenvalue weighted by molar-refractivity contribution is -0.141. The molecule has 1 aromatic carbocycles. The number of carboxylic acid groups (broad SMARTS) is 1. The van der Waals surface area contributed by atoms with Gasteiger partial charge in [0.2, 0.25) is 0 Å². The van der Waals surface area contributed by atoms with Crippen molar-refractivity contribution in [3.63, 3.8) is 0 Å². The van der Waals surface area contributed by atoms with Crippen molar-refractivity contribution >= 4 is 39.2 Å². The molecule has 3 nitrogen and oxygen atoms in total. The number of carboxylic acids is 1. The minimum Gasteiger partial charge on any atom is -0.481 e. The Morgan fingerprint density at radius 2 is 2.12 bits per heavy atom. The largest absolute Gasteiger partial charge is 0.481 e. The summed E-state index contributed by atoms with van der Waals surface area (Å²) in [7, 11) is 0. The van der Waals surface area contributed by atoms with Gasteiger partial charge in [0.15, 0.2) is 0 Å². The minimum atomic E-state index is -0.826. The Morgan fingerprint density at radius 3 is 2.62 bits per heavy atom. The smallest absolute Gasteiger partial charge is 0.308 e. The molecule has 0 aliphatic rings. The third-order valence-electron chi connectivity index (χ3n) is 2.45. The fraction of sp³-hybridized carbons (Fsp3) is 0.364. The molecule has 0 bridgehead atoms. The Labute approximate surface area is 108 Å². The molecule has 0 fully saturated rings. The summed E-state index contributed by atoms with van der Waals surface area (Å²) in [6.07, 6.45) is 0. The Bertz CT molecular complexity index is 398. The fourth-order valence-electron chi connectivity index (χ4n) is 1.19. The van der Waals surface area contributed by atoms with Crippen molar-refractivity contribution in [2.75, 3.05) is 5.32 Å². The monoisotopic (exact) mass is 305 g/mol. The van der Waals surface area contributed by atoms with E-state index in [9.17, 15) is 4.79 Å². The van der Waals surface area contributed by atoms with Crippen LogP contribution in [0, 0.1) is 5.92 Å². The number of carbonyl (C=O) groups is 1. The first-order valence-electron chi connectivity index (χ1n) is 4.86. The van der Waals surface area contributed by atoms with Gasteiger partial charge in [-0.2, -0.15) is 0 Å². The SMILES string of the molecule is CC(Nc1ccc(Br)cc1Cl)C(C)C(=O)O. The van der Waals surface area contributed by atoms with E-state index in [0.717, 1.165) is 10.2 Å². The maximum absolute atomic E-state index is 10.8. The van der Waals surface area contributed by atoms with Crippen LogP contribution in [0.15, 0.2) is 22.7 Å². The zero-order valence-electron chi connectivity index (χ0n) is 9.00. The van der Waals surface area contributed by atoms with E-state index in [-0.39, 0.29) is 6.04 Å². The van der Waals surface area contributed by atoms with Gasteiger partial charge in [0.05, 0.1) is 16.6 Å². The summed E-state index contributed by atoms with van der Waals surface area (Å²) in [5.74, 6) is -1.30. The number of halogens is 2. The maximum Gasteiger partial charge on any atom is 0.308 e. The Balaban J connectivity index is 2.77. The van der Waals surface area contributed by atoms with E-state index in [4.69, 9.17) is 16.7 Å². The van der Waals surface area contributed by atoms with E-state index in [1.807, 2.05) is 19.1 Å². The highest BCUT2D eigenvalue weighted by Gasteiger charge is 2.19. The van der Waals surface area contributed by atoms with Crippen LogP contribution in [-0.2, 0) is 4.79 Å². The third kappa shape index (κ3) is 3.39. The first kappa shape index (κ1) is 13.3. The second-order valence-electron chi connectivity index (χ2n) is 3.68. The normalized spacial score (nSPS) is 14.2. The molecule has 0 spiro atoms. The molecule has 2 unspecified atom stereocenters. The summed E-state index contributed by atoms with van der Waals surface area (Å²) in [6.45, 7) is 3.48. The second kappa shape index (κ2) is 5.55. The molecule has 2 atom stereocenters. The van der Waals surface area contributed by atoms with Crippen molar-refractivity contribution in [1.29, 1.82) is 0 Å². The number of rotatable bonds is 4. The van der Waals surface area contributed by atoms with E-state index in [1.165, 1.54) is 0 Å². The minimum absolute atomic E-state index is 0.184. The van der Waals surface area contributed by atoms with Crippen LogP contribution in [0.2, 0.25) is 5.02 Å². The highest BCUT2D eigenvalue weighted by Crippen LogP contribution is 2.26. The summed E-state index contributed by atoms with van der Waals surface area (Å²) in [5.41, 5.74) is 0.741. The average Bonchev–Trinajstić information content (AvgIpc) is 2.20. The number of aliphatic carboxylic acids is 1. The number of anilines is 1. The molecule has 0 aromatic heterocycles. The van der Waals surface area contributed by atoms with Gasteiger partial charge in [-0.25, -0.2) is 0 Å². The van der Waals surface area contributed by atoms with Gasteiger partial charge in [0.25, 0.3) is 0 Å². The van der Waals surface area contributed by atoms with Crippen LogP contribution in [-0.4, -0.2) is 17.1 Å². The van der Waals surface area contributed by atoms with Crippen LogP contribution in [0.25, 0.3) is 0 Å². The highest BCUT2D eigenvalue weighted by atomic mass is 79.9. The third-order valence-corrected chi connectivity index (χ3v) is 3.26. The molecule has 0 saturated carbocycles. The van der Waals surface area contributed by atoms with Crippen LogP contribution in [0.4, 0.5) is 5.69 Å². The number of benzene rings is 1. The lowest BCUT2D eigenvalue weighted by atomic mass is 10.0. The number of hydrogen-bond donors (Lipinski definition) is 2. The van der Waals surface area contributed by atoms with Crippen molar-refractivity contribution in [1.82, 2.24) is 0 Å². The molecule has 0 amide bonds. The van der Waals surface area contributed by atoms with Gasteiger partial charge >= 0.3 is 5.97 Å². The van der Waals surface area contributed by atoms with E-state index in [0.29, 0.717) is 5.02 Å². The van der Waals surface area contributed by atoms with Crippen LogP contribution in [0.1, 0.15) is 13.8 Å². The molecule has 0 radical (unpaired) electrons. The molecule has 88 valence electrons. The van der Waals surface area contributed by atoms with Gasteiger partial charge < -0.3 is 10.4 Å². The maximum atomic E-state index is 10.8. The number of hydrogen-bond acceptors (Lipinski definition) is 2. The first-order chi connectivity index (χ1) is 7.41. The highest BCUT2D eigenvalue weighted by molar-refractivity contribution is 9.10. The van der Waals surface area contributed by atoms with Crippen molar-refractivity contribution < 1.29 is 9.90 Å². The summed E-state index contributed by atoms with van der Waals surface area (Å²) < 4.78 is 0.891. The molecule has 0 aliphatic heterocycles. The molecule has 2 N–H and O–H groups in total. The van der Waals surface area contributed by atoms with E-state index < -0.39 is 11.9 Å². The lowest BCUT2D eigenvalue weighted by Gasteiger charge is -2.19. The summed E-state index contributed by atoms with van der Waals surface area (Å²) in [4.78, 5) is 10.8. The molecular formula is C11H13BrClNO2. The van der Waals surface area contributed by atoms with Crippen molar-refractivity contribution in [2.45, 2.75) is 19.9 Å².